The van der Waals surface area contributed by atoms with Crippen molar-refractivity contribution >= 4 is 17.7 Å². The molecule has 2 N–H and O–H groups in total. The smallest absolute Gasteiger partial charge is 0.191 e. The number of nitrogens with two attached hydrogens (primary N) is 1. The molecule has 1 aliphatic rings. The predicted molar refractivity (Wildman–Crippen MR) is 82.0 cm³/mol. The maximum atomic E-state index is 6.04. The Bertz CT molecular complexity index is 456. The monoisotopic (exact) mass is 279 g/mol. The first-order valence-electron chi connectivity index (χ1n) is 6.46. The highest BCUT2D eigenvalue weighted by atomic mass is 32.2. The number of aryl methyl sites for hydroxylation is 1. The number of rotatable bonds is 3. The van der Waals surface area contributed by atoms with Crippen molar-refractivity contribution in [3.8, 4) is 5.75 Å². The number of hydrogen-bond donors (Lipinski definition) is 1. The average molecular weight is 279 g/mol. The zero-order chi connectivity index (χ0) is 13.7. The lowest BCUT2D eigenvalue weighted by Gasteiger charge is -2.27. The zero-order valence-corrected chi connectivity index (χ0v) is 12.4. The van der Waals surface area contributed by atoms with E-state index in [1.165, 1.54) is 5.56 Å². The zero-order valence-electron chi connectivity index (χ0n) is 11.6. The second-order valence-corrected chi connectivity index (χ2v) is 5.86. The minimum atomic E-state index is 0.605. The molecule has 4 nitrogen and oxygen atoms in total. The molecule has 0 atom stereocenters. The van der Waals surface area contributed by atoms with Gasteiger partial charge >= 0.3 is 0 Å². The van der Waals surface area contributed by atoms with Crippen LogP contribution in [0.1, 0.15) is 11.1 Å². The number of thioether (sulfide) groups is 1. The summed E-state index contributed by atoms with van der Waals surface area (Å²) >= 11 is 1.97. The molecule has 19 heavy (non-hydrogen) atoms. The van der Waals surface area contributed by atoms with Crippen molar-refractivity contribution in [2.45, 2.75) is 13.5 Å². The van der Waals surface area contributed by atoms with E-state index in [2.05, 4.69) is 22.9 Å². The Kier molecular flexibility index (Phi) is 4.96. The quantitative estimate of drug-likeness (QED) is 0.678. The van der Waals surface area contributed by atoms with Gasteiger partial charge in [0.25, 0.3) is 0 Å². The number of aliphatic imine (C=N–C) groups is 1. The molecule has 1 saturated heterocycles. The maximum Gasteiger partial charge on any atom is 0.191 e. The van der Waals surface area contributed by atoms with Gasteiger partial charge in [-0.1, -0.05) is 6.07 Å². The van der Waals surface area contributed by atoms with Crippen molar-refractivity contribution in [2.75, 3.05) is 31.7 Å². The van der Waals surface area contributed by atoms with Crippen molar-refractivity contribution in [2.24, 2.45) is 10.7 Å². The van der Waals surface area contributed by atoms with Crippen LogP contribution in [0.4, 0.5) is 0 Å². The Labute approximate surface area is 119 Å². The van der Waals surface area contributed by atoms with Gasteiger partial charge in [0.1, 0.15) is 5.75 Å². The van der Waals surface area contributed by atoms with Gasteiger partial charge in [-0.3, -0.25) is 0 Å². The molecule has 0 bridgehead atoms. The molecule has 1 aromatic carbocycles. The van der Waals surface area contributed by atoms with Crippen LogP contribution in [0.5, 0.6) is 5.75 Å². The predicted octanol–water partition coefficient (Wildman–Crippen LogP) is 1.87. The third kappa shape index (κ3) is 4.06. The van der Waals surface area contributed by atoms with Gasteiger partial charge in [0.05, 0.1) is 13.7 Å². The first-order valence-corrected chi connectivity index (χ1v) is 7.61. The van der Waals surface area contributed by atoms with Crippen LogP contribution in [-0.4, -0.2) is 42.6 Å². The van der Waals surface area contributed by atoms with Gasteiger partial charge in [-0.05, 0) is 30.2 Å². The lowest BCUT2D eigenvalue weighted by molar-refractivity contribution is 0.414. The molecule has 5 heteroatoms. The second-order valence-electron chi connectivity index (χ2n) is 4.63. The Morgan fingerprint density at radius 3 is 2.79 bits per heavy atom. The van der Waals surface area contributed by atoms with Crippen LogP contribution in [0.25, 0.3) is 0 Å². The Morgan fingerprint density at radius 1 is 1.37 bits per heavy atom. The third-order valence-electron chi connectivity index (χ3n) is 3.11. The summed E-state index contributed by atoms with van der Waals surface area (Å²) in [5, 5.41) is 0. The number of methoxy groups -OCH3 is 1. The molecule has 0 aliphatic carbocycles. The van der Waals surface area contributed by atoms with Crippen molar-refractivity contribution in [1.29, 1.82) is 0 Å². The molecule has 1 fully saturated rings. The number of guanidine groups is 1. The summed E-state index contributed by atoms with van der Waals surface area (Å²) in [6.07, 6.45) is 0. The van der Waals surface area contributed by atoms with Crippen molar-refractivity contribution < 1.29 is 4.74 Å². The summed E-state index contributed by atoms with van der Waals surface area (Å²) in [7, 11) is 1.68. The molecule has 0 spiro atoms. The van der Waals surface area contributed by atoms with Crippen LogP contribution in [0.15, 0.2) is 23.2 Å². The first-order chi connectivity index (χ1) is 9.19. The van der Waals surface area contributed by atoms with Crippen molar-refractivity contribution in [3.63, 3.8) is 0 Å². The van der Waals surface area contributed by atoms with Crippen molar-refractivity contribution in [1.82, 2.24) is 4.90 Å². The minimum Gasteiger partial charge on any atom is -0.497 e. The summed E-state index contributed by atoms with van der Waals surface area (Å²) < 4.78 is 5.27. The van der Waals surface area contributed by atoms with Gasteiger partial charge in [0, 0.05) is 24.6 Å². The van der Waals surface area contributed by atoms with Gasteiger partial charge in [-0.25, -0.2) is 4.99 Å². The molecule has 0 radical (unpaired) electrons. The Balaban J connectivity index is 2.02. The summed E-state index contributed by atoms with van der Waals surface area (Å²) in [5.41, 5.74) is 8.35. The normalized spacial score (nSPS) is 16.5. The molecule has 0 amide bonds. The molecule has 104 valence electrons. The summed E-state index contributed by atoms with van der Waals surface area (Å²) in [5.74, 6) is 3.79. The fraction of sp³-hybridized carbons (Fsp3) is 0.500. The van der Waals surface area contributed by atoms with E-state index in [-0.39, 0.29) is 0 Å². The second kappa shape index (κ2) is 6.70. The Hall–Kier alpha value is -1.36. The standard InChI is InChI=1S/C14H21N3OS/c1-11-7-12(9-13(8-11)18-2)10-16-14(15)17-3-5-19-6-4-17/h7-9H,3-6,10H2,1-2H3,(H2,15,16). The molecular formula is C14H21N3OS. The average Bonchev–Trinajstić information content (AvgIpc) is 2.45. The molecule has 1 heterocycles. The van der Waals surface area contributed by atoms with Gasteiger partial charge in [0.15, 0.2) is 5.96 Å². The molecular weight excluding hydrogens is 258 g/mol. The number of ether oxygens (including phenoxy) is 1. The highest BCUT2D eigenvalue weighted by Crippen LogP contribution is 2.17. The van der Waals surface area contributed by atoms with Gasteiger partial charge in [-0.15, -0.1) is 0 Å². The van der Waals surface area contributed by atoms with E-state index >= 15 is 0 Å². The largest absolute Gasteiger partial charge is 0.497 e. The van der Waals surface area contributed by atoms with Crippen LogP contribution in [0.3, 0.4) is 0 Å². The van der Waals surface area contributed by atoms with Crippen LogP contribution < -0.4 is 10.5 Å². The molecule has 1 aromatic rings. The van der Waals surface area contributed by atoms with E-state index in [0.717, 1.165) is 35.9 Å². The van der Waals surface area contributed by atoms with E-state index in [4.69, 9.17) is 10.5 Å². The van der Waals surface area contributed by atoms with E-state index in [0.29, 0.717) is 12.5 Å². The van der Waals surface area contributed by atoms with Gasteiger partial charge in [0.2, 0.25) is 0 Å². The van der Waals surface area contributed by atoms with E-state index < -0.39 is 0 Å². The topological polar surface area (TPSA) is 50.9 Å². The molecule has 0 saturated carbocycles. The molecule has 0 aromatic heterocycles. The minimum absolute atomic E-state index is 0.605. The van der Waals surface area contributed by atoms with E-state index in [1.54, 1.807) is 7.11 Å². The van der Waals surface area contributed by atoms with Crippen LogP contribution in [-0.2, 0) is 6.54 Å². The lowest BCUT2D eigenvalue weighted by atomic mass is 10.1. The van der Waals surface area contributed by atoms with Crippen LogP contribution in [0.2, 0.25) is 0 Å². The van der Waals surface area contributed by atoms with Gasteiger partial charge < -0.3 is 15.4 Å². The van der Waals surface area contributed by atoms with Crippen LogP contribution >= 0.6 is 11.8 Å². The molecule has 2 rings (SSSR count). The highest BCUT2D eigenvalue weighted by Gasteiger charge is 2.11. The van der Waals surface area contributed by atoms with E-state index in [1.807, 2.05) is 23.9 Å². The van der Waals surface area contributed by atoms with Gasteiger partial charge in [-0.2, -0.15) is 11.8 Å². The Morgan fingerprint density at radius 2 is 2.11 bits per heavy atom. The maximum absolute atomic E-state index is 6.04. The summed E-state index contributed by atoms with van der Waals surface area (Å²) in [4.78, 5) is 6.65. The van der Waals surface area contributed by atoms with E-state index in [9.17, 15) is 0 Å². The first kappa shape index (κ1) is 14.1. The third-order valence-corrected chi connectivity index (χ3v) is 4.05. The number of nitrogens with zero attached hydrogens (tertiary/aromatic N) is 2. The van der Waals surface area contributed by atoms with Crippen molar-refractivity contribution in [3.05, 3.63) is 29.3 Å². The van der Waals surface area contributed by atoms with Crippen LogP contribution in [0, 0.1) is 6.92 Å². The lowest BCUT2D eigenvalue weighted by Crippen LogP contribution is -2.42. The fourth-order valence-corrected chi connectivity index (χ4v) is 3.00. The fourth-order valence-electron chi connectivity index (χ4n) is 2.10. The summed E-state index contributed by atoms with van der Waals surface area (Å²) in [6, 6.07) is 6.14. The molecule has 1 aliphatic heterocycles. The molecule has 0 unspecified atom stereocenters. The highest BCUT2D eigenvalue weighted by molar-refractivity contribution is 7.99. The number of benzene rings is 1. The number of hydrogen-bond acceptors (Lipinski definition) is 3. The summed E-state index contributed by atoms with van der Waals surface area (Å²) in [6.45, 7) is 4.66. The SMILES string of the molecule is COc1cc(C)cc(CN=C(N)N2CCSCC2)c1.